The number of hydrazone groups is 1. The number of carboxylic acids is 1. The van der Waals surface area contributed by atoms with Crippen LogP contribution in [0.4, 0.5) is 11.4 Å². The van der Waals surface area contributed by atoms with Crippen molar-refractivity contribution in [3.63, 3.8) is 0 Å². The highest BCUT2D eigenvalue weighted by Gasteiger charge is 2.17. The summed E-state index contributed by atoms with van der Waals surface area (Å²) in [5.41, 5.74) is 5.89. The van der Waals surface area contributed by atoms with Gasteiger partial charge in [0.1, 0.15) is 0 Å². The Kier molecular flexibility index (Phi) is 6.59. The zero-order valence-corrected chi connectivity index (χ0v) is 17.1. The van der Waals surface area contributed by atoms with Gasteiger partial charge in [-0.25, -0.2) is 0 Å². The van der Waals surface area contributed by atoms with Crippen LogP contribution in [0, 0.1) is 0 Å². The number of halogens is 1. The van der Waals surface area contributed by atoms with Crippen molar-refractivity contribution < 1.29 is 9.90 Å². The summed E-state index contributed by atoms with van der Waals surface area (Å²) in [6, 6.07) is 12.1. The first-order valence-electron chi connectivity index (χ1n) is 8.86. The van der Waals surface area contributed by atoms with Gasteiger partial charge in [0.2, 0.25) is 0 Å². The molecular weight excluding hydrogens is 396 g/mol. The summed E-state index contributed by atoms with van der Waals surface area (Å²) in [6.07, 6.45) is 1.11. The molecule has 0 spiro atoms. The molecule has 6 nitrogen and oxygen atoms in total. The van der Waals surface area contributed by atoms with Crippen LogP contribution in [-0.2, 0) is 0 Å². The number of nitrogens with zero attached hydrogens (tertiary/aromatic N) is 2. The van der Waals surface area contributed by atoms with Crippen molar-refractivity contribution in [2.75, 3.05) is 17.3 Å². The van der Waals surface area contributed by atoms with Gasteiger partial charge in [-0.2, -0.15) is 5.10 Å². The molecule has 28 heavy (non-hydrogen) atoms. The van der Waals surface area contributed by atoms with Crippen LogP contribution in [0.15, 0.2) is 52.6 Å². The van der Waals surface area contributed by atoms with Gasteiger partial charge in [-0.1, -0.05) is 48.5 Å². The number of aliphatic imine (C=N–C) groups is 1. The average molecular weight is 416 g/mol. The third-order valence-electron chi connectivity index (χ3n) is 4.27. The van der Waals surface area contributed by atoms with Crippen LogP contribution in [0.2, 0.25) is 5.02 Å². The Bertz CT molecular complexity index is 928. The van der Waals surface area contributed by atoms with Crippen molar-refractivity contribution in [3.8, 4) is 0 Å². The van der Waals surface area contributed by atoms with Crippen LogP contribution < -0.4 is 15.8 Å². The highest BCUT2D eigenvalue weighted by atomic mass is 35.5. The molecule has 0 fully saturated rings. The number of carbonyl (C=O) groups is 1. The highest BCUT2D eigenvalue weighted by Crippen LogP contribution is 2.25. The molecule has 2 N–H and O–H groups in total. The van der Waals surface area contributed by atoms with Gasteiger partial charge in [0.15, 0.2) is 5.17 Å². The molecule has 1 atom stereocenters. The van der Waals surface area contributed by atoms with E-state index >= 15 is 0 Å². The van der Waals surface area contributed by atoms with E-state index in [1.807, 2.05) is 31.2 Å². The van der Waals surface area contributed by atoms with E-state index < -0.39 is 5.97 Å². The minimum atomic E-state index is -1.27. The van der Waals surface area contributed by atoms with Crippen LogP contribution in [0.25, 0.3) is 0 Å². The lowest BCUT2D eigenvalue weighted by atomic mass is 10.1. The lowest BCUT2D eigenvalue weighted by Crippen LogP contribution is -2.22. The Hall–Kier alpha value is -2.51. The van der Waals surface area contributed by atoms with Gasteiger partial charge in [-0.3, -0.25) is 10.4 Å². The number of anilines is 2. The van der Waals surface area contributed by atoms with E-state index in [9.17, 15) is 9.90 Å². The minimum absolute atomic E-state index is 0.0354. The van der Waals surface area contributed by atoms with Crippen molar-refractivity contribution in [3.05, 3.63) is 58.6 Å². The van der Waals surface area contributed by atoms with Gasteiger partial charge in [-0.15, -0.1) is 0 Å². The number of carboxylic acid groups (broad SMARTS) is 1. The zero-order valence-electron chi connectivity index (χ0n) is 15.5. The molecule has 0 bridgehead atoms. The maximum atomic E-state index is 11.0. The van der Waals surface area contributed by atoms with Gasteiger partial charge < -0.3 is 15.2 Å². The third kappa shape index (κ3) is 5.05. The molecule has 3 rings (SSSR count). The molecule has 0 amide bonds. The highest BCUT2D eigenvalue weighted by molar-refractivity contribution is 8.15. The van der Waals surface area contributed by atoms with Crippen molar-refractivity contribution in [1.29, 1.82) is 0 Å². The molecular formula is C20H20ClN4O2S-. The Labute approximate surface area is 173 Å². The smallest absolute Gasteiger partial charge is 0.161 e. The SMILES string of the molecule is CC[C@H]1CN=C(Nc2ccc(/C(C)=N\Nc3cc(C(=O)[O-])ccc3Cl)cc2)S1. The lowest BCUT2D eigenvalue weighted by molar-refractivity contribution is -0.255. The number of thioether (sulfide) groups is 1. The monoisotopic (exact) mass is 415 g/mol. The molecule has 0 aliphatic carbocycles. The van der Waals surface area contributed by atoms with Gasteiger partial charge in [0.25, 0.3) is 0 Å². The van der Waals surface area contributed by atoms with Crippen LogP contribution >= 0.6 is 23.4 Å². The summed E-state index contributed by atoms with van der Waals surface area (Å²) in [4.78, 5) is 15.5. The summed E-state index contributed by atoms with van der Waals surface area (Å²) < 4.78 is 0. The molecule has 0 saturated heterocycles. The first kappa shape index (κ1) is 20.2. The second kappa shape index (κ2) is 9.12. The first-order chi connectivity index (χ1) is 13.5. The van der Waals surface area contributed by atoms with E-state index in [4.69, 9.17) is 11.6 Å². The van der Waals surface area contributed by atoms with Crippen LogP contribution in [0.5, 0.6) is 0 Å². The summed E-state index contributed by atoms with van der Waals surface area (Å²) in [6.45, 7) is 4.89. The van der Waals surface area contributed by atoms with E-state index in [-0.39, 0.29) is 5.56 Å². The Morgan fingerprint density at radius 2 is 2.00 bits per heavy atom. The molecule has 1 aliphatic heterocycles. The molecule has 146 valence electrons. The van der Waals surface area contributed by atoms with E-state index in [1.165, 1.54) is 18.2 Å². The van der Waals surface area contributed by atoms with Gasteiger partial charge in [0.05, 0.1) is 28.9 Å². The molecule has 2 aromatic rings. The van der Waals surface area contributed by atoms with Crippen molar-refractivity contribution in [1.82, 2.24) is 0 Å². The fraction of sp³-hybridized carbons (Fsp3) is 0.250. The second-order valence-corrected chi connectivity index (χ2v) is 7.98. The van der Waals surface area contributed by atoms with Gasteiger partial charge >= 0.3 is 0 Å². The minimum Gasteiger partial charge on any atom is -0.545 e. The topological polar surface area (TPSA) is 88.9 Å². The molecule has 0 unspecified atom stereocenters. The largest absolute Gasteiger partial charge is 0.545 e. The number of hydrogen-bond donors (Lipinski definition) is 2. The molecule has 0 aromatic heterocycles. The lowest BCUT2D eigenvalue weighted by Gasteiger charge is -2.10. The molecule has 0 radical (unpaired) electrons. The number of aromatic carboxylic acids is 1. The van der Waals surface area contributed by atoms with Crippen molar-refractivity contribution in [2.45, 2.75) is 25.5 Å². The fourth-order valence-electron chi connectivity index (χ4n) is 2.56. The fourth-order valence-corrected chi connectivity index (χ4v) is 3.68. The predicted molar refractivity (Wildman–Crippen MR) is 116 cm³/mol. The predicted octanol–water partition coefficient (Wildman–Crippen LogP) is 3.83. The van der Waals surface area contributed by atoms with Gasteiger partial charge in [0, 0.05) is 10.9 Å². The number of benzene rings is 2. The van der Waals surface area contributed by atoms with Crippen LogP contribution in [-0.4, -0.2) is 28.6 Å². The Morgan fingerprint density at radius 1 is 1.29 bits per heavy atom. The number of hydrogen-bond acceptors (Lipinski definition) is 7. The van der Waals surface area contributed by atoms with E-state index in [0.717, 1.165) is 35.1 Å². The van der Waals surface area contributed by atoms with E-state index in [1.54, 1.807) is 11.8 Å². The zero-order chi connectivity index (χ0) is 20.1. The molecule has 0 saturated carbocycles. The summed E-state index contributed by atoms with van der Waals surface area (Å²) >= 11 is 7.86. The van der Waals surface area contributed by atoms with Crippen molar-refractivity contribution in [2.24, 2.45) is 10.1 Å². The average Bonchev–Trinajstić information content (AvgIpc) is 3.15. The number of nitrogens with one attached hydrogen (secondary N) is 2. The second-order valence-electron chi connectivity index (χ2n) is 6.29. The maximum Gasteiger partial charge on any atom is 0.161 e. The third-order valence-corrected chi connectivity index (χ3v) is 5.87. The van der Waals surface area contributed by atoms with E-state index in [0.29, 0.717) is 16.0 Å². The Morgan fingerprint density at radius 3 is 2.64 bits per heavy atom. The molecule has 8 heteroatoms. The normalized spacial score (nSPS) is 16.6. The van der Waals surface area contributed by atoms with Gasteiger partial charge in [-0.05, 0) is 48.7 Å². The maximum absolute atomic E-state index is 11.0. The number of amidine groups is 1. The van der Waals surface area contributed by atoms with Crippen molar-refractivity contribution >= 4 is 51.6 Å². The van der Waals surface area contributed by atoms with Crippen LogP contribution in [0.1, 0.15) is 36.2 Å². The number of carbonyl (C=O) groups excluding carboxylic acids is 1. The summed E-state index contributed by atoms with van der Waals surface area (Å²) in [5, 5.41) is 20.5. The Balaban J connectivity index is 1.65. The quantitative estimate of drug-likeness (QED) is 0.552. The number of rotatable bonds is 6. The first-order valence-corrected chi connectivity index (χ1v) is 10.1. The molecule has 2 aromatic carbocycles. The molecule has 1 heterocycles. The molecule has 1 aliphatic rings. The van der Waals surface area contributed by atoms with E-state index in [2.05, 4.69) is 27.8 Å². The summed E-state index contributed by atoms with van der Waals surface area (Å²) in [7, 11) is 0. The van der Waals surface area contributed by atoms with Crippen LogP contribution in [0.3, 0.4) is 0 Å². The standard InChI is InChI=1S/C20H21ClN4O2S/c1-3-16-11-22-20(28-16)23-15-7-4-13(5-8-15)12(2)24-25-18-10-14(19(26)27)6-9-17(18)21/h4-10,16,25H,3,11H2,1-2H3,(H,22,23)(H,26,27)/p-1/b24-12-/t16-/m0/s1. The summed E-state index contributed by atoms with van der Waals surface area (Å²) in [5.74, 6) is -1.27.